The first-order valence-corrected chi connectivity index (χ1v) is 17.1. The molecular weight excluding hydrogens is 642 g/mol. The van der Waals surface area contributed by atoms with Gasteiger partial charge in [0.05, 0.1) is 0 Å². The van der Waals surface area contributed by atoms with Gasteiger partial charge in [-0.2, -0.15) is 0 Å². The third kappa shape index (κ3) is 5.28. The van der Waals surface area contributed by atoms with Crippen LogP contribution < -0.4 is 10.6 Å². The summed E-state index contributed by atoms with van der Waals surface area (Å²) in [6.07, 6.45) is 2.34. The van der Waals surface area contributed by atoms with Gasteiger partial charge in [-0.25, -0.2) is 0 Å². The molecule has 0 saturated carbocycles. The molecule has 0 fully saturated rings. The van der Waals surface area contributed by atoms with Crippen molar-refractivity contribution in [1.29, 1.82) is 0 Å². The summed E-state index contributed by atoms with van der Waals surface area (Å²) in [4.78, 5) is 10.9. The van der Waals surface area contributed by atoms with Crippen LogP contribution in [0.2, 0.25) is 0 Å². The van der Waals surface area contributed by atoms with Gasteiger partial charge in [0.1, 0.15) is 0 Å². The fraction of sp³-hybridized carbons (Fsp3) is 0.105. The molecule has 1 aliphatic carbocycles. The molecule has 42 heavy (non-hydrogen) atoms. The summed E-state index contributed by atoms with van der Waals surface area (Å²) in [6.45, 7) is 4.28. The SMILES string of the molecule is Cc1ccc(C2=CC(=NC([SeH])c3ccccc3)c3cc(-c4ccc(C)cc4)cc4c3=C2[Se]C(c2ccccc2)N=4)cc1. The van der Waals surface area contributed by atoms with Crippen LogP contribution in [0.3, 0.4) is 0 Å². The van der Waals surface area contributed by atoms with Gasteiger partial charge in [0.2, 0.25) is 0 Å². The molecular formula is C38H30N2Se2. The fourth-order valence-corrected chi connectivity index (χ4v) is 8.92. The van der Waals surface area contributed by atoms with E-state index in [-0.39, 0.29) is 24.8 Å². The Morgan fingerprint density at radius 3 is 2.00 bits per heavy atom. The zero-order chi connectivity index (χ0) is 28.6. The predicted molar refractivity (Wildman–Crippen MR) is 178 cm³/mol. The summed E-state index contributed by atoms with van der Waals surface area (Å²) in [5.41, 5.74) is 12.1. The van der Waals surface area contributed by atoms with E-state index < -0.39 is 0 Å². The van der Waals surface area contributed by atoms with E-state index in [1.807, 2.05) is 0 Å². The molecule has 0 amide bonds. The van der Waals surface area contributed by atoms with Gasteiger partial charge in [0.15, 0.2) is 0 Å². The van der Waals surface area contributed by atoms with Crippen LogP contribution in [-0.4, -0.2) is 36.7 Å². The molecule has 0 bridgehead atoms. The average molecular weight is 673 g/mol. The Hall–Kier alpha value is -3.78. The van der Waals surface area contributed by atoms with Crippen molar-refractivity contribution in [2.45, 2.75) is 23.7 Å². The van der Waals surface area contributed by atoms with Crippen LogP contribution in [-0.2, 0) is 0 Å². The standard InChI is InChI=1S/C38H30N2Se2/c1-24-13-17-26(18-14-24)30-21-32-33(39-37(41)28-9-5-3-6-10-28)23-31(27-19-15-25(2)16-20-27)36-35(32)34(22-30)40-38(42-36)29-11-7-4-8-12-29/h3-23,37-38,41H,1-2H3. The molecule has 1 heterocycles. The van der Waals surface area contributed by atoms with E-state index in [2.05, 4.69) is 157 Å². The molecule has 5 aromatic rings. The molecule has 0 aromatic heterocycles. The first-order valence-electron chi connectivity index (χ1n) is 14.2. The number of hydrogen-bond acceptors (Lipinski definition) is 2. The molecule has 0 N–H and O–H groups in total. The third-order valence-electron chi connectivity index (χ3n) is 7.82. The topological polar surface area (TPSA) is 24.7 Å². The summed E-state index contributed by atoms with van der Waals surface area (Å²) in [5.74, 6) is 0. The van der Waals surface area contributed by atoms with Gasteiger partial charge in [0.25, 0.3) is 0 Å². The van der Waals surface area contributed by atoms with Crippen LogP contribution in [0.5, 0.6) is 0 Å². The monoisotopic (exact) mass is 674 g/mol. The molecule has 7 rings (SSSR count). The van der Waals surface area contributed by atoms with Gasteiger partial charge in [-0.1, -0.05) is 0 Å². The van der Waals surface area contributed by atoms with Gasteiger partial charge < -0.3 is 0 Å². The van der Waals surface area contributed by atoms with E-state index in [1.165, 1.54) is 59.8 Å². The molecule has 2 nitrogen and oxygen atoms in total. The zero-order valence-corrected chi connectivity index (χ0v) is 27.1. The number of benzene rings is 5. The fourth-order valence-electron chi connectivity index (χ4n) is 5.53. The van der Waals surface area contributed by atoms with Crippen molar-refractivity contribution >= 4 is 46.7 Å². The van der Waals surface area contributed by atoms with Crippen LogP contribution in [0.25, 0.3) is 21.2 Å². The Labute approximate surface area is 261 Å². The summed E-state index contributed by atoms with van der Waals surface area (Å²) in [6, 6.07) is 43.7. The van der Waals surface area contributed by atoms with Crippen molar-refractivity contribution in [2.24, 2.45) is 9.98 Å². The molecule has 0 saturated heterocycles. The van der Waals surface area contributed by atoms with Crippen LogP contribution in [0, 0.1) is 13.8 Å². The first-order chi connectivity index (χ1) is 20.5. The molecule has 2 aliphatic rings. The minimum atomic E-state index is -0.0347. The van der Waals surface area contributed by atoms with Crippen molar-refractivity contribution in [1.82, 2.24) is 0 Å². The Bertz CT molecular complexity index is 1960. The van der Waals surface area contributed by atoms with Crippen molar-refractivity contribution < 1.29 is 0 Å². The summed E-state index contributed by atoms with van der Waals surface area (Å²) < 4.78 is 1.41. The number of nitrogens with zero attached hydrogens (tertiary/aromatic N) is 2. The van der Waals surface area contributed by atoms with E-state index in [0.29, 0.717) is 0 Å². The first kappa shape index (κ1) is 27.1. The summed E-state index contributed by atoms with van der Waals surface area (Å²) in [7, 11) is 0. The Morgan fingerprint density at radius 2 is 1.33 bits per heavy atom. The minimum absolute atomic E-state index is 0.0347. The van der Waals surface area contributed by atoms with Crippen LogP contribution in [0.15, 0.2) is 137 Å². The van der Waals surface area contributed by atoms with Gasteiger partial charge in [-0.05, 0) is 0 Å². The maximum absolute atomic E-state index is 5.45. The molecule has 0 spiro atoms. The molecule has 2 unspecified atom stereocenters. The van der Waals surface area contributed by atoms with Gasteiger partial charge in [-0.3, -0.25) is 0 Å². The molecule has 4 heteroatoms. The zero-order valence-electron chi connectivity index (χ0n) is 23.5. The van der Waals surface area contributed by atoms with Crippen molar-refractivity contribution in [3.8, 4) is 11.1 Å². The number of aliphatic imine (C=N–C) groups is 1. The normalized spacial score (nSPS) is 17.3. The summed E-state index contributed by atoms with van der Waals surface area (Å²) >= 11 is 2.87. The van der Waals surface area contributed by atoms with Crippen molar-refractivity contribution in [3.05, 3.63) is 171 Å². The number of rotatable bonds is 5. The van der Waals surface area contributed by atoms with E-state index in [0.717, 1.165) is 11.1 Å². The molecule has 1 aliphatic heterocycles. The second-order valence-corrected chi connectivity index (χ2v) is 14.2. The third-order valence-corrected chi connectivity index (χ3v) is 11.3. The Kier molecular flexibility index (Phi) is 7.40. The van der Waals surface area contributed by atoms with E-state index in [4.69, 9.17) is 9.98 Å². The number of aryl methyl sites for hydroxylation is 2. The number of hydrogen-bond donors (Lipinski definition) is 0. The molecule has 2 atom stereocenters. The quantitative estimate of drug-likeness (QED) is 0.188. The molecule has 0 radical (unpaired) electrons. The average Bonchev–Trinajstić information content (AvgIpc) is 3.03. The molecule has 204 valence electrons. The van der Waals surface area contributed by atoms with Crippen molar-refractivity contribution in [3.63, 3.8) is 0 Å². The number of allylic oxidation sites excluding steroid dienone is 2. The van der Waals surface area contributed by atoms with Crippen LogP contribution in [0.1, 0.15) is 43.3 Å². The Morgan fingerprint density at radius 1 is 0.714 bits per heavy atom. The van der Waals surface area contributed by atoms with Crippen molar-refractivity contribution in [2.75, 3.05) is 0 Å². The molecule has 5 aromatic carbocycles. The second-order valence-electron chi connectivity index (χ2n) is 10.8. The predicted octanol–water partition coefficient (Wildman–Crippen LogP) is 6.60. The second kappa shape index (κ2) is 11.5. The van der Waals surface area contributed by atoms with Gasteiger partial charge in [0, 0.05) is 0 Å². The van der Waals surface area contributed by atoms with Gasteiger partial charge in [-0.15, -0.1) is 0 Å². The van der Waals surface area contributed by atoms with Crippen LogP contribution in [0.4, 0.5) is 0 Å². The van der Waals surface area contributed by atoms with E-state index >= 15 is 0 Å². The van der Waals surface area contributed by atoms with E-state index in [9.17, 15) is 0 Å². The summed E-state index contributed by atoms with van der Waals surface area (Å²) in [5, 5.41) is 2.31. The maximum atomic E-state index is 5.45. The van der Waals surface area contributed by atoms with E-state index in [1.54, 1.807) is 0 Å². The van der Waals surface area contributed by atoms with Crippen LogP contribution >= 0.6 is 0 Å². The Balaban J connectivity index is 1.51. The van der Waals surface area contributed by atoms with Gasteiger partial charge >= 0.3 is 263 Å².